The molecular weight excluding hydrogens is 249 g/mol. The lowest BCUT2D eigenvalue weighted by molar-refractivity contribution is -0.137. The highest BCUT2D eigenvalue weighted by Gasteiger charge is 2.34. The first-order valence-corrected chi connectivity index (χ1v) is 5.60. The van der Waals surface area contributed by atoms with Gasteiger partial charge in [0.25, 0.3) is 0 Å². The molecular formula is C12H7F3OS. The summed E-state index contributed by atoms with van der Waals surface area (Å²) >= 11 is 1.23. The van der Waals surface area contributed by atoms with Gasteiger partial charge in [-0.2, -0.15) is 13.2 Å². The molecule has 1 aromatic heterocycles. The van der Waals surface area contributed by atoms with Gasteiger partial charge in [-0.05, 0) is 17.5 Å². The molecule has 0 saturated heterocycles. The molecule has 0 aliphatic rings. The van der Waals surface area contributed by atoms with Gasteiger partial charge >= 0.3 is 6.18 Å². The summed E-state index contributed by atoms with van der Waals surface area (Å²) in [5.74, 6) is 0. The summed E-state index contributed by atoms with van der Waals surface area (Å²) in [5.41, 5.74) is -0.639. The summed E-state index contributed by atoms with van der Waals surface area (Å²) in [6, 6.07) is 6.90. The molecule has 1 heterocycles. The van der Waals surface area contributed by atoms with Crippen molar-refractivity contribution in [3.05, 3.63) is 46.8 Å². The Morgan fingerprint density at radius 1 is 1.18 bits per heavy atom. The zero-order chi connectivity index (χ0) is 12.5. The summed E-state index contributed by atoms with van der Waals surface area (Å²) in [4.78, 5) is 11.1. The van der Waals surface area contributed by atoms with Gasteiger partial charge in [0.15, 0.2) is 0 Å². The van der Waals surface area contributed by atoms with E-state index in [2.05, 4.69) is 0 Å². The van der Waals surface area contributed by atoms with Gasteiger partial charge < -0.3 is 0 Å². The Labute approximate surface area is 99.5 Å². The molecule has 2 rings (SSSR count). The van der Waals surface area contributed by atoms with Crippen LogP contribution in [0.15, 0.2) is 35.7 Å². The molecule has 2 aromatic rings. The maximum Gasteiger partial charge on any atom is 0.417 e. The van der Waals surface area contributed by atoms with E-state index < -0.39 is 11.7 Å². The van der Waals surface area contributed by atoms with E-state index in [1.54, 1.807) is 17.5 Å². The van der Waals surface area contributed by atoms with Crippen molar-refractivity contribution in [2.24, 2.45) is 0 Å². The first-order chi connectivity index (χ1) is 8.02. The fourth-order valence-electron chi connectivity index (χ4n) is 1.52. The predicted molar refractivity (Wildman–Crippen MR) is 60.1 cm³/mol. The third kappa shape index (κ3) is 2.39. The van der Waals surface area contributed by atoms with Crippen LogP contribution >= 0.6 is 11.3 Å². The normalized spacial score (nSPS) is 11.5. The van der Waals surface area contributed by atoms with Gasteiger partial charge in [0.1, 0.15) is 6.29 Å². The molecule has 88 valence electrons. The molecule has 0 bridgehead atoms. The fourth-order valence-corrected chi connectivity index (χ4v) is 2.28. The summed E-state index contributed by atoms with van der Waals surface area (Å²) < 4.78 is 38.5. The van der Waals surface area contributed by atoms with E-state index in [1.165, 1.54) is 23.5 Å². The number of carbonyl (C=O) groups is 1. The van der Waals surface area contributed by atoms with Gasteiger partial charge in [-0.25, -0.2) is 0 Å². The van der Waals surface area contributed by atoms with Crippen LogP contribution in [0.3, 0.4) is 0 Å². The van der Waals surface area contributed by atoms with Crippen LogP contribution in [0, 0.1) is 0 Å². The third-order valence-corrected chi connectivity index (χ3v) is 3.17. The molecule has 1 nitrogen and oxygen atoms in total. The standard InChI is InChI=1S/C12H7F3OS/c13-12(14,15)10-6-8(7-16)3-4-9(10)11-2-1-5-17-11/h1-7H. The number of thiophene rings is 1. The minimum absolute atomic E-state index is 0.0256. The van der Waals surface area contributed by atoms with Gasteiger partial charge in [0.2, 0.25) is 0 Å². The minimum atomic E-state index is -4.46. The topological polar surface area (TPSA) is 17.1 Å². The van der Waals surface area contributed by atoms with E-state index in [0.717, 1.165) is 6.07 Å². The van der Waals surface area contributed by atoms with E-state index in [9.17, 15) is 18.0 Å². The molecule has 0 atom stereocenters. The van der Waals surface area contributed by atoms with Crippen LogP contribution in [0.25, 0.3) is 10.4 Å². The van der Waals surface area contributed by atoms with Crippen molar-refractivity contribution in [2.75, 3.05) is 0 Å². The number of hydrogen-bond donors (Lipinski definition) is 0. The highest BCUT2D eigenvalue weighted by atomic mass is 32.1. The number of hydrogen-bond acceptors (Lipinski definition) is 2. The number of rotatable bonds is 2. The molecule has 0 fully saturated rings. The third-order valence-electron chi connectivity index (χ3n) is 2.27. The first-order valence-electron chi connectivity index (χ1n) is 4.72. The number of alkyl halides is 3. The van der Waals surface area contributed by atoms with Crippen molar-refractivity contribution in [1.29, 1.82) is 0 Å². The number of halogens is 3. The van der Waals surface area contributed by atoms with E-state index in [0.29, 0.717) is 11.2 Å². The molecule has 0 spiro atoms. The summed E-state index contributed by atoms with van der Waals surface area (Å²) in [6.07, 6.45) is -4.05. The zero-order valence-corrected chi connectivity index (χ0v) is 9.31. The minimum Gasteiger partial charge on any atom is -0.298 e. The summed E-state index contributed by atoms with van der Waals surface area (Å²) in [5, 5.41) is 1.71. The maximum atomic E-state index is 12.8. The molecule has 0 saturated carbocycles. The van der Waals surface area contributed by atoms with Crippen LogP contribution in [0.4, 0.5) is 13.2 Å². The molecule has 1 aromatic carbocycles. The van der Waals surface area contributed by atoms with Crippen molar-refractivity contribution < 1.29 is 18.0 Å². The second kappa shape index (κ2) is 4.33. The van der Waals surface area contributed by atoms with Gasteiger partial charge in [-0.15, -0.1) is 11.3 Å². The average molecular weight is 256 g/mol. The quantitative estimate of drug-likeness (QED) is 0.734. The second-order valence-corrected chi connectivity index (χ2v) is 4.35. The molecule has 0 amide bonds. The molecule has 0 aliphatic carbocycles. The Bertz CT molecular complexity index is 529. The Morgan fingerprint density at radius 2 is 1.94 bits per heavy atom. The van der Waals surface area contributed by atoms with Crippen LogP contribution in [-0.4, -0.2) is 6.29 Å². The van der Waals surface area contributed by atoms with Crippen molar-refractivity contribution in [3.63, 3.8) is 0 Å². The highest BCUT2D eigenvalue weighted by molar-refractivity contribution is 7.13. The Hall–Kier alpha value is -1.62. The second-order valence-electron chi connectivity index (χ2n) is 3.40. The maximum absolute atomic E-state index is 12.8. The van der Waals surface area contributed by atoms with E-state index in [4.69, 9.17) is 0 Å². The van der Waals surface area contributed by atoms with Crippen molar-refractivity contribution in [3.8, 4) is 10.4 Å². The van der Waals surface area contributed by atoms with Crippen molar-refractivity contribution in [2.45, 2.75) is 6.18 Å². The average Bonchev–Trinajstić information content (AvgIpc) is 2.80. The van der Waals surface area contributed by atoms with E-state index >= 15 is 0 Å². The van der Waals surface area contributed by atoms with Crippen LogP contribution in [0.2, 0.25) is 0 Å². The van der Waals surface area contributed by atoms with Crippen LogP contribution in [-0.2, 0) is 6.18 Å². The fraction of sp³-hybridized carbons (Fsp3) is 0.0833. The van der Waals surface area contributed by atoms with Crippen molar-refractivity contribution in [1.82, 2.24) is 0 Å². The van der Waals surface area contributed by atoms with Gasteiger partial charge in [-0.1, -0.05) is 18.2 Å². The lowest BCUT2D eigenvalue weighted by Gasteiger charge is -2.12. The molecule has 0 N–H and O–H groups in total. The largest absolute Gasteiger partial charge is 0.417 e. The number of aldehydes is 1. The van der Waals surface area contributed by atoms with Crippen LogP contribution in [0.5, 0.6) is 0 Å². The van der Waals surface area contributed by atoms with Gasteiger partial charge in [0.05, 0.1) is 5.56 Å². The zero-order valence-electron chi connectivity index (χ0n) is 8.49. The lowest BCUT2D eigenvalue weighted by atomic mass is 10.0. The lowest BCUT2D eigenvalue weighted by Crippen LogP contribution is -2.07. The molecule has 0 aliphatic heterocycles. The number of carbonyl (C=O) groups excluding carboxylic acids is 1. The molecule has 17 heavy (non-hydrogen) atoms. The SMILES string of the molecule is O=Cc1ccc(-c2cccs2)c(C(F)(F)F)c1. The molecule has 0 unspecified atom stereocenters. The monoisotopic (exact) mass is 256 g/mol. The number of benzene rings is 1. The van der Waals surface area contributed by atoms with E-state index in [1.807, 2.05) is 0 Å². The highest BCUT2D eigenvalue weighted by Crippen LogP contribution is 2.38. The summed E-state index contributed by atoms with van der Waals surface area (Å²) in [7, 11) is 0. The van der Waals surface area contributed by atoms with E-state index in [-0.39, 0.29) is 11.1 Å². The Morgan fingerprint density at radius 3 is 2.47 bits per heavy atom. The summed E-state index contributed by atoms with van der Waals surface area (Å²) in [6.45, 7) is 0. The van der Waals surface area contributed by atoms with Gasteiger partial charge in [-0.3, -0.25) is 4.79 Å². The molecule has 5 heteroatoms. The Kier molecular flexibility index (Phi) is 3.02. The molecule has 0 radical (unpaired) electrons. The predicted octanol–water partition coefficient (Wildman–Crippen LogP) is 4.25. The Balaban J connectivity index is 2.63. The smallest absolute Gasteiger partial charge is 0.298 e. The van der Waals surface area contributed by atoms with Gasteiger partial charge in [0, 0.05) is 16.0 Å². The van der Waals surface area contributed by atoms with Crippen LogP contribution in [0.1, 0.15) is 15.9 Å². The van der Waals surface area contributed by atoms with Crippen LogP contribution < -0.4 is 0 Å². The van der Waals surface area contributed by atoms with Crippen molar-refractivity contribution >= 4 is 17.6 Å². The first kappa shape index (κ1) is 11.9.